The van der Waals surface area contributed by atoms with Gasteiger partial charge in [0.25, 0.3) is 0 Å². The molecule has 2 aliphatic rings. The van der Waals surface area contributed by atoms with E-state index >= 15 is 0 Å². The Bertz CT molecular complexity index is 1560. The van der Waals surface area contributed by atoms with Gasteiger partial charge in [0, 0.05) is 24.2 Å². The zero-order valence-electron chi connectivity index (χ0n) is 23.9. The van der Waals surface area contributed by atoms with E-state index in [9.17, 15) is 9.59 Å². The first-order valence-corrected chi connectivity index (χ1v) is 15.5. The van der Waals surface area contributed by atoms with Gasteiger partial charge in [0.15, 0.2) is 0 Å². The summed E-state index contributed by atoms with van der Waals surface area (Å²) >= 11 is 1.62. The second-order valence-corrected chi connectivity index (χ2v) is 12.4. The predicted octanol–water partition coefficient (Wildman–Crippen LogP) is 6.58. The Hall–Kier alpha value is -3.84. The monoisotopic (exact) mass is 564 g/mol. The molecule has 41 heavy (non-hydrogen) atoms. The molecule has 1 fully saturated rings. The van der Waals surface area contributed by atoms with Gasteiger partial charge < -0.3 is 4.90 Å². The van der Waals surface area contributed by atoms with Crippen LogP contribution in [-0.2, 0) is 9.59 Å². The first-order chi connectivity index (χ1) is 19.9. The van der Waals surface area contributed by atoms with Gasteiger partial charge in [-0.3, -0.25) is 14.5 Å². The van der Waals surface area contributed by atoms with Crippen LogP contribution in [-0.4, -0.2) is 51.9 Å². The number of carbonyl (C=O) groups excluding carboxylic acids is 2. The quantitative estimate of drug-likeness (QED) is 0.275. The summed E-state index contributed by atoms with van der Waals surface area (Å²) in [4.78, 5) is 31.3. The number of likely N-dealkylation sites (tertiary alicyclic amines) is 1. The van der Waals surface area contributed by atoms with Gasteiger partial charge in [-0.05, 0) is 55.9 Å². The number of benzene rings is 3. The zero-order valence-corrected chi connectivity index (χ0v) is 24.7. The molecule has 1 saturated heterocycles. The van der Waals surface area contributed by atoms with Crippen LogP contribution in [0.2, 0.25) is 0 Å². The summed E-state index contributed by atoms with van der Waals surface area (Å²) in [5.41, 5.74) is 7.12. The van der Waals surface area contributed by atoms with E-state index in [4.69, 9.17) is 5.10 Å². The van der Waals surface area contributed by atoms with Gasteiger partial charge in [0.05, 0.1) is 22.4 Å². The van der Waals surface area contributed by atoms with Crippen molar-refractivity contribution in [3.05, 3.63) is 101 Å². The summed E-state index contributed by atoms with van der Waals surface area (Å²) in [5.74, 6) is 1.51. The van der Waals surface area contributed by atoms with E-state index in [2.05, 4.69) is 63.2 Å². The van der Waals surface area contributed by atoms with Crippen molar-refractivity contribution >= 4 is 29.4 Å². The molecule has 0 aliphatic carbocycles. The van der Waals surface area contributed by atoms with Crippen LogP contribution in [0.3, 0.4) is 0 Å². The molecule has 6 nitrogen and oxygen atoms in total. The third-order valence-corrected chi connectivity index (χ3v) is 9.55. The average molecular weight is 565 g/mol. The Labute approximate surface area is 246 Å². The van der Waals surface area contributed by atoms with Gasteiger partial charge in [0.1, 0.15) is 12.4 Å². The number of carbonyl (C=O) groups is 2. The van der Waals surface area contributed by atoms with Crippen LogP contribution in [0.5, 0.6) is 0 Å². The maximum Gasteiger partial charge on any atom is 0.242 e. The summed E-state index contributed by atoms with van der Waals surface area (Å²) in [5, 5.41) is 5.08. The Morgan fingerprint density at radius 3 is 2.32 bits per heavy atom. The van der Waals surface area contributed by atoms with E-state index in [0.717, 1.165) is 65.1 Å². The number of anilines is 1. The Morgan fingerprint density at radius 2 is 1.61 bits per heavy atom. The summed E-state index contributed by atoms with van der Waals surface area (Å²) in [7, 11) is 0. The number of aryl methyl sites for hydroxylation is 2. The number of amides is 2. The molecular formula is C34H36N4O2S. The van der Waals surface area contributed by atoms with Gasteiger partial charge in [-0.25, -0.2) is 4.68 Å². The van der Waals surface area contributed by atoms with E-state index in [1.807, 2.05) is 46.0 Å². The first kappa shape index (κ1) is 27.3. The molecule has 0 saturated carbocycles. The molecule has 7 heteroatoms. The summed E-state index contributed by atoms with van der Waals surface area (Å²) in [6.07, 6.45) is 1.99. The minimum atomic E-state index is -0.125. The number of piperidine rings is 1. The highest BCUT2D eigenvalue weighted by Crippen LogP contribution is 2.49. The minimum absolute atomic E-state index is 0.00606. The maximum atomic E-state index is 14.0. The van der Waals surface area contributed by atoms with Gasteiger partial charge in [-0.2, -0.15) is 5.10 Å². The molecule has 0 spiro atoms. The number of fused-ring (bicyclic) bond motifs is 1. The molecule has 210 valence electrons. The Balaban J connectivity index is 1.57. The normalized spacial score (nSPS) is 17.8. The highest BCUT2D eigenvalue weighted by Gasteiger charge is 2.38. The van der Waals surface area contributed by atoms with E-state index < -0.39 is 0 Å². The fraction of sp³-hybridized carbons (Fsp3) is 0.324. The largest absolute Gasteiger partial charge is 0.341 e. The number of hydrogen-bond donors (Lipinski definition) is 0. The van der Waals surface area contributed by atoms with Gasteiger partial charge >= 0.3 is 0 Å². The van der Waals surface area contributed by atoms with Crippen LogP contribution in [0, 0.1) is 19.8 Å². The zero-order chi connectivity index (χ0) is 28.5. The second kappa shape index (κ2) is 11.6. The van der Waals surface area contributed by atoms with E-state index in [1.54, 1.807) is 16.7 Å². The SMILES string of the molecule is Cc1ccc(-n2nc(-c3ccccc3)c3c2N(CC(=O)N2CCC(C)CC2)C(=O)CS[C@@H]3c2ccccc2C)cc1. The second-order valence-electron chi connectivity index (χ2n) is 11.3. The third-order valence-electron chi connectivity index (χ3n) is 8.32. The topological polar surface area (TPSA) is 58.4 Å². The highest BCUT2D eigenvalue weighted by atomic mass is 32.2. The smallest absolute Gasteiger partial charge is 0.242 e. The van der Waals surface area contributed by atoms with Crippen LogP contribution >= 0.6 is 11.8 Å². The molecule has 6 rings (SSSR count). The first-order valence-electron chi connectivity index (χ1n) is 14.4. The number of hydrogen-bond acceptors (Lipinski definition) is 4. The van der Waals surface area contributed by atoms with Crippen LogP contribution in [0.1, 0.15) is 47.3 Å². The molecule has 0 radical (unpaired) electrons. The summed E-state index contributed by atoms with van der Waals surface area (Å²) in [6.45, 7) is 7.90. The molecule has 2 amide bonds. The standard InChI is InChI=1S/C34H36N4O2S/c1-23-13-15-27(16-14-23)38-34-31(32(35-38)26-10-5-4-6-11-26)33(28-12-8-7-9-25(28)3)41-22-30(40)37(34)21-29(39)36-19-17-24(2)18-20-36/h4-16,24,33H,17-22H2,1-3H3/t33-/m1/s1. The van der Waals surface area contributed by atoms with Gasteiger partial charge in [0.2, 0.25) is 11.8 Å². The molecule has 0 bridgehead atoms. The molecule has 4 aromatic rings. The molecular weight excluding hydrogens is 528 g/mol. The van der Waals surface area contributed by atoms with Crippen molar-refractivity contribution in [2.45, 2.75) is 38.9 Å². The lowest BCUT2D eigenvalue weighted by Gasteiger charge is -2.32. The molecule has 2 aliphatic heterocycles. The Kier molecular flexibility index (Phi) is 7.71. The van der Waals surface area contributed by atoms with Crippen LogP contribution < -0.4 is 4.90 Å². The minimum Gasteiger partial charge on any atom is -0.341 e. The van der Waals surface area contributed by atoms with Crippen molar-refractivity contribution in [2.24, 2.45) is 5.92 Å². The number of nitrogens with zero attached hydrogens (tertiary/aromatic N) is 4. The van der Waals surface area contributed by atoms with Crippen molar-refractivity contribution in [1.29, 1.82) is 0 Å². The molecule has 0 unspecified atom stereocenters. The molecule has 3 heterocycles. The van der Waals surface area contributed by atoms with E-state index in [1.165, 1.54) is 0 Å². The number of aromatic nitrogens is 2. The fourth-order valence-corrected chi connectivity index (χ4v) is 7.11. The molecule has 0 N–H and O–H groups in total. The van der Waals surface area contributed by atoms with E-state index in [-0.39, 0.29) is 29.4 Å². The van der Waals surface area contributed by atoms with Crippen LogP contribution in [0.15, 0.2) is 78.9 Å². The van der Waals surface area contributed by atoms with Crippen LogP contribution in [0.4, 0.5) is 5.82 Å². The molecule has 1 atom stereocenters. The van der Waals surface area contributed by atoms with Gasteiger partial charge in [-0.1, -0.05) is 79.2 Å². The average Bonchev–Trinajstić information content (AvgIpc) is 3.31. The summed E-state index contributed by atoms with van der Waals surface area (Å²) < 4.78 is 1.89. The number of rotatable bonds is 5. The van der Waals surface area contributed by atoms with Crippen molar-refractivity contribution in [3.63, 3.8) is 0 Å². The Morgan fingerprint density at radius 1 is 0.927 bits per heavy atom. The van der Waals surface area contributed by atoms with Gasteiger partial charge in [-0.15, -0.1) is 11.8 Å². The van der Waals surface area contributed by atoms with Crippen molar-refractivity contribution < 1.29 is 9.59 Å². The molecule has 1 aromatic heterocycles. The maximum absolute atomic E-state index is 14.0. The summed E-state index contributed by atoms with van der Waals surface area (Å²) in [6, 6.07) is 26.7. The predicted molar refractivity (Wildman–Crippen MR) is 167 cm³/mol. The number of thioether (sulfide) groups is 1. The lowest BCUT2D eigenvalue weighted by Crippen LogP contribution is -2.46. The van der Waals surface area contributed by atoms with Crippen molar-refractivity contribution in [2.75, 3.05) is 30.3 Å². The van der Waals surface area contributed by atoms with E-state index in [0.29, 0.717) is 11.7 Å². The lowest BCUT2D eigenvalue weighted by atomic mass is 9.96. The van der Waals surface area contributed by atoms with Crippen molar-refractivity contribution in [3.8, 4) is 16.9 Å². The fourth-order valence-electron chi connectivity index (χ4n) is 5.81. The van der Waals surface area contributed by atoms with Crippen molar-refractivity contribution in [1.82, 2.24) is 14.7 Å². The third kappa shape index (κ3) is 5.43. The van der Waals surface area contributed by atoms with Crippen LogP contribution in [0.25, 0.3) is 16.9 Å². The highest BCUT2D eigenvalue weighted by molar-refractivity contribution is 8.00. The molecule has 3 aromatic carbocycles. The lowest BCUT2D eigenvalue weighted by molar-refractivity contribution is -0.132.